The second kappa shape index (κ2) is 8.12. The van der Waals surface area contributed by atoms with Crippen LogP contribution in [0.1, 0.15) is 23.4 Å². The lowest BCUT2D eigenvalue weighted by atomic mass is 10.1. The maximum absolute atomic E-state index is 12.6. The zero-order valence-electron chi connectivity index (χ0n) is 15.5. The van der Waals surface area contributed by atoms with Gasteiger partial charge < -0.3 is 19.2 Å². The fourth-order valence-corrected chi connectivity index (χ4v) is 3.55. The number of hydrogen-bond acceptors (Lipinski definition) is 4. The summed E-state index contributed by atoms with van der Waals surface area (Å²) in [5, 5.41) is 3.05. The SMILES string of the molecule is O=C(Cn1ccnc1-c1ccccc1)NC1CCCN(C(=O)c2ccco2)C1. The van der Waals surface area contributed by atoms with Crippen molar-refractivity contribution < 1.29 is 14.0 Å². The van der Waals surface area contributed by atoms with Crippen molar-refractivity contribution in [3.8, 4) is 11.4 Å². The van der Waals surface area contributed by atoms with Crippen LogP contribution < -0.4 is 5.32 Å². The van der Waals surface area contributed by atoms with E-state index in [0.717, 1.165) is 24.2 Å². The number of carbonyl (C=O) groups is 2. The Morgan fingerprint density at radius 1 is 1.18 bits per heavy atom. The molecule has 0 saturated carbocycles. The Kier molecular flexibility index (Phi) is 5.23. The van der Waals surface area contributed by atoms with Gasteiger partial charge in [-0.2, -0.15) is 0 Å². The Bertz CT molecular complexity index is 934. The summed E-state index contributed by atoms with van der Waals surface area (Å²) in [5.41, 5.74) is 0.966. The molecule has 2 amide bonds. The van der Waals surface area contributed by atoms with Crippen molar-refractivity contribution in [1.29, 1.82) is 0 Å². The number of aromatic nitrogens is 2. The minimum atomic E-state index is -0.134. The van der Waals surface area contributed by atoms with Crippen molar-refractivity contribution in [3.63, 3.8) is 0 Å². The molecular formula is C21H22N4O3. The normalized spacial score (nSPS) is 16.7. The second-order valence-corrected chi connectivity index (χ2v) is 6.88. The number of hydrogen-bond donors (Lipinski definition) is 1. The number of imidazole rings is 1. The van der Waals surface area contributed by atoms with Crippen LogP contribution in [-0.4, -0.2) is 45.4 Å². The molecule has 28 heavy (non-hydrogen) atoms. The van der Waals surface area contributed by atoms with Crippen LogP contribution in [0.25, 0.3) is 11.4 Å². The van der Waals surface area contributed by atoms with Crippen molar-refractivity contribution in [3.05, 3.63) is 66.9 Å². The van der Waals surface area contributed by atoms with Gasteiger partial charge in [-0.1, -0.05) is 30.3 Å². The van der Waals surface area contributed by atoms with Crippen molar-refractivity contribution in [2.75, 3.05) is 13.1 Å². The van der Waals surface area contributed by atoms with Gasteiger partial charge in [0, 0.05) is 37.1 Å². The summed E-state index contributed by atoms with van der Waals surface area (Å²) >= 11 is 0. The molecule has 1 aliphatic rings. The Hall–Kier alpha value is -3.35. The number of carbonyl (C=O) groups excluding carboxylic acids is 2. The number of likely N-dealkylation sites (tertiary alicyclic amines) is 1. The van der Waals surface area contributed by atoms with Gasteiger partial charge in [-0.3, -0.25) is 9.59 Å². The molecule has 4 rings (SSSR count). The van der Waals surface area contributed by atoms with E-state index in [-0.39, 0.29) is 24.4 Å². The Morgan fingerprint density at radius 3 is 2.82 bits per heavy atom. The number of nitrogens with zero attached hydrogens (tertiary/aromatic N) is 3. The molecule has 0 aliphatic carbocycles. The van der Waals surface area contributed by atoms with E-state index in [1.165, 1.54) is 6.26 Å². The van der Waals surface area contributed by atoms with Crippen LogP contribution in [0.5, 0.6) is 0 Å². The van der Waals surface area contributed by atoms with Crippen LogP contribution >= 0.6 is 0 Å². The van der Waals surface area contributed by atoms with E-state index in [9.17, 15) is 9.59 Å². The Morgan fingerprint density at radius 2 is 2.04 bits per heavy atom. The molecule has 3 aromatic rings. The van der Waals surface area contributed by atoms with Crippen molar-refractivity contribution in [2.45, 2.75) is 25.4 Å². The van der Waals surface area contributed by atoms with Crippen LogP contribution in [0.3, 0.4) is 0 Å². The lowest BCUT2D eigenvalue weighted by Crippen LogP contribution is -2.50. The first-order chi connectivity index (χ1) is 13.7. The highest BCUT2D eigenvalue weighted by atomic mass is 16.3. The van der Waals surface area contributed by atoms with Gasteiger partial charge in [0.25, 0.3) is 5.91 Å². The fraction of sp³-hybridized carbons (Fsp3) is 0.286. The highest BCUT2D eigenvalue weighted by Crippen LogP contribution is 2.17. The summed E-state index contributed by atoms with van der Waals surface area (Å²) in [6.45, 7) is 1.35. The van der Waals surface area contributed by atoms with E-state index in [1.54, 1.807) is 29.4 Å². The molecule has 3 heterocycles. The number of piperidine rings is 1. The molecule has 0 bridgehead atoms. The molecular weight excluding hydrogens is 356 g/mol. The number of rotatable bonds is 5. The molecule has 0 spiro atoms. The van der Waals surface area contributed by atoms with Gasteiger partial charge in [0.05, 0.1) is 6.26 Å². The van der Waals surface area contributed by atoms with E-state index >= 15 is 0 Å². The Labute approximate surface area is 163 Å². The van der Waals surface area contributed by atoms with E-state index in [1.807, 2.05) is 34.9 Å². The minimum Gasteiger partial charge on any atom is -0.459 e. The zero-order chi connectivity index (χ0) is 19.3. The van der Waals surface area contributed by atoms with Gasteiger partial charge in [-0.05, 0) is 25.0 Å². The molecule has 0 radical (unpaired) electrons. The number of nitrogens with one attached hydrogen (secondary N) is 1. The first-order valence-electron chi connectivity index (χ1n) is 9.39. The van der Waals surface area contributed by atoms with Crippen molar-refractivity contribution in [2.24, 2.45) is 0 Å². The van der Waals surface area contributed by atoms with E-state index < -0.39 is 0 Å². The topological polar surface area (TPSA) is 80.4 Å². The summed E-state index contributed by atoms with van der Waals surface area (Å²) in [4.78, 5) is 31.1. The molecule has 1 aliphatic heterocycles. The first kappa shape index (κ1) is 18.0. The minimum absolute atomic E-state index is 0.0659. The summed E-state index contributed by atoms with van der Waals surface area (Å²) in [7, 11) is 0. The molecule has 1 atom stereocenters. The predicted octanol–water partition coefficient (Wildman–Crippen LogP) is 2.56. The maximum atomic E-state index is 12.6. The van der Waals surface area contributed by atoms with Gasteiger partial charge in [0.1, 0.15) is 12.4 Å². The van der Waals surface area contributed by atoms with Crippen LogP contribution in [0.15, 0.2) is 65.5 Å². The van der Waals surface area contributed by atoms with Gasteiger partial charge in [-0.15, -0.1) is 0 Å². The van der Waals surface area contributed by atoms with Crippen LogP contribution in [0.2, 0.25) is 0 Å². The molecule has 7 heteroatoms. The fourth-order valence-electron chi connectivity index (χ4n) is 3.55. The largest absolute Gasteiger partial charge is 0.459 e. The quantitative estimate of drug-likeness (QED) is 0.740. The summed E-state index contributed by atoms with van der Waals surface area (Å²) < 4.78 is 7.03. The zero-order valence-corrected chi connectivity index (χ0v) is 15.5. The Balaban J connectivity index is 1.37. The average Bonchev–Trinajstić information content (AvgIpc) is 3.40. The van der Waals surface area contributed by atoms with E-state index in [0.29, 0.717) is 18.8 Å². The van der Waals surface area contributed by atoms with Crippen LogP contribution in [0, 0.1) is 0 Å². The lowest BCUT2D eigenvalue weighted by molar-refractivity contribution is -0.122. The molecule has 7 nitrogen and oxygen atoms in total. The number of benzene rings is 1. The molecule has 1 saturated heterocycles. The number of amides is 2. The molecule has 1 aromatic carbocycles. The van der Waals surface area contributed by atoms with Crippen LogP contribution in [-0.2, 0) is 11.3 Å². The molecule has 1 fully saturated rings. The highest BCUT2D eigenvalue weighted by Gasteiger charge is 2.26. The lowest BCUT2D eigenvalue weighted by Gasteiger charge is -2.32. The third kappa shape index (κ3) is 3.98. The third-order valence-corrected chi connectivity index (χ3v) is 4.87. The van der Waals surface area contributed by atoms with E-state index in [4.69, 9.17) is 4.42 Å². The second-order valence-electron chi connectivity index (χ2n) is 6.88. The first-order valence-corrected chi connectivity index (χ1v) is 9.39. The third-order valence-electron chi connectivity index (χ3n) is 4.87. The summed E-state index contributed by atoms with van der Waals surface area (Å²) in [5.74, 6) is 0.865. The number of furan rings is 1. The molecule has 144 valence electrons. The van der Waals surface area contributed by atoms with Gasteiger partial charge in [0.15, 0.2) is 5.76 Å². The summed E-state index contributed by atoms with van der Waals surface area (Å²) in [6.07, 6.45) is 6.68. The van der Waals surface area contributed by atoms with Gasteiger partial charge in [0.2, 0.25) is 5.91 Å². The standard InChI is InChI=1S/C21H22N4O3/c26-19(15-24-12-10-22-20(24)16-6-2-1-3-7-16)23-17-8-4-11-25(14-17)21(27)18-9-5-13-28-18/h1-3,5-7,9-10,12-13,17H,4,8,11,14-15H2,(H,23,26). The van der Waals surface area contributed by atoms with Crippen molar-refractivity contribution >= 4 is 11.8 Å². The average molecular weight is 378 g/mol. The van der Waals surface area contributed by atoms with Crippen LogP contribution in [0.4, 0.5) is 0 Å². The highest BCUT2D eigenvalue weighted by molar-refractivity contribution is 5.91. The molecule has 2 aromatic heterocycles. The smallest absolute Gasteiger partial charge is 0.289 e. The predicted molar refractivity (Wildman–Crippen MR) is 103 cm³/mol. The molecule has 1 unspecified atom stereocenters. The monoisotopic (exact) mass is 378 g/mol. The van der Waals surface area contributed by atoms with Gasteiger partial charge in [-0.25, -0.2) is 4.98 Å². The van der Waals surface area contributed by atoms with E-state index in [2.05, 4.69) is 10.3 Å². The summed E-state index contributed by atoms with van der Waals surface area (Å²) in [6, 6.07) is 13.1. The van der Waals surface area contributed by atoms with Gasteiger partial charge >= 0.3 is 0 Å². The maximum Gasteiger partial charge on any atom is 0.289 e. The molecule has 1 N–H and O–H groups in total. The van der Waals surface area contributed by atoms with Crippen molar-refractivity contribution in [1.82, 2.24) is 19.8 Å².